The smallest absolute Gasteiger partial charge is 0.150 e. The molecule has 0 aromatic heterocycles. The number of hydrogen-bond donors (Lipinski definition) is 2. The summed E-state index contributed by atoms with van der Waals surface area (Å²) >= 11 is 0. The molecule has 0 spiro atoms. The van der Waals surface area contributed by atoms with Crippen LogP contribution in [-0.2, 0) is 25.3 Å². The van der Waals surface area contributed by atoms with Gasteiger partial charge in [-0.25, -0.2) is 0 Å². The first kappa shape index (κ1) is 25.6. The zero-order valence-electron chi connectivity index (χ0n) is 14.9. The summed E-state index contributed by atoms with van der Waals surface area (Å²) in [6.45, 7) is 2.36. The lowest BCUT2D eigenvalue weighted by Crippen LogP contribution is -3.00. The predicted octanol–water partition coefficient (Wildman–Crippen LogP) is -4.46. The van der Waals surface area contributed by atoms with Crippen molar-refractivity contribution in [3.63, 3.8) is 0 Å². The maximum absolute atomic E-state index is 12.4. The fraction of sp³-hybridized carbons (Fsp3) is 0.812. The molecule has 0 amide bonds. The molecule has 3 atom stereocenters. The van der Waals surface area contributed by atoms with Crippen molar-refractivity contribution in [3.8, 4) is 0 Å². The van der Waals surface area contributed by atoms with Crippen LogP contribution in [0.5, 0.6) is 0 Å². The van der Waals surface area contributed by atoms with Crippen LogP contribution in [0.2, 0.25) is 0 Å². The Kier molecular flexibility index (Phi) is 15.7. The van der Waals surface area contributed by atoms with E-state index in [9.17, 15) is 19.5 Å². The number of hydrogen-bond acceptors (Lipinski definition) is 5. The molecule has 0 aliphatic rings. The van der Waals surface area contributed by atoms with Crippen LogP contribution in [0.4, 0.5) is 0 Å². The van der Waals surface area contributed by atoms with Crippen LogP contribution >= 0.6 is 0 Å². The van der Waals surface area contributed by atoms with Gasteiger partial charge in [-0.3, -0.25) is 9.59 Å². The van der Waals surface area contributed by atoms with E-state index < -0.39 is 5.97 Å². The molecule has 0 aliphatic heterocycles. The molecule has 8 heteroatoms. The number of quaternary nitrogens is 1. The molecule has 142 valence electrons. The largest absolute Gasteiger partial charge is 1.00 e. The standard InChI is InChI=1S/C16H30N2O4S.ClH/c1-12(19)13(7-9-23(3)11-16(21)22)10-15(20)14(18-2)6-4-5-8-17;/h13-14,18H,4-11,17H2,1-3H3;1H/t13-,14+,23?;/m1./s1. The normalized spacial score (nSPS) is 14.3. The number of Topliss-reactive ketones (excluding diaryl/α,β-unsaturated/α-hetero) is 2. The van der Waals surface area contributed by atoms with Crippen LogP contribution in [0.3, 0.4) is 0 Å². The van der Waals surface area contributed by atoms with Gasteiger partial charge in [-0.15, -0.1) is 0 Å². The Hall–Kier alpha value is -0.630. The molecule has 1 unspecified atom stereocenters. The van der Waals surface area contributed by atoms with Crippen LogP contribution in [0.1, 0.15) is 39.0 Å². The molecule has 0 aromatic rings. The molecule has 0 fully saturated rings. The Bertz CT molecular complexity index is 396. The number of unbranched alkanes of at least 4 members (excludes halogenated alkanes) is 1. The Morgan fingerprint density at radius 1 is 1.21 bits per heavy atom. The molecule has 0 bridgehead atoms. The number of carboxylic acids is 1. The highest BCUT2D eigenvalue weighted by atomic mass is 35.5. The second-order valence-electron chi connectivity index (χ2n) is 5.96. The number of nitrogens with one attached hydrogen (secondary N) is 1. The van der Waals surface area contributed by atoms with E-state index in [0.717, 1.165) is 25.8 Å². The van der Waals surface area contributed by atoms with Gasteiger partial charge < -0.3 is 33.4 Å². The minimum Gasteiger partial charge on any atom is -1.00 e. The number of rotatable bonds is 14. The molecule has 0 heterocycles. The van der Waals surface area contributed by atoms with Gasteiger partial charge in [0.15, 0.2) is 0 Å². The third-order valence-corrected chi connectivity index (χ3v) is 5.59. The zero-order chi connectivity index (χ0) is 17.8. The number of halogens is 1. The summed E-state index contributed by atoms with van der Waals surface area (Å²) in [6, 6.07) is -0.216. The number of carboxylic acid groups (broad SMARTS) is 1. The molecular weight excluding hydrogens is 352 g/mol. The Labute approximate surface area is 154 Å². The van der Waals surface area contributed by atoms with Crippen molar-refractivity contribution in [2.24, 2.45) is 5.92 Å². The summed E-state index contributed by atoms with van der Waals surface area (Å²) in [6.07, 6.45) is 5.33. The van der Waals surface area contributed by atoms with E-state index in [1.54, 1.807) is 7.05 Å². The summed E-state index contributed by atoms with van der Waals surface area (Å²) < 4.78 is 0. The summed E-state index contributed by atoms with van der Waals surface area (Å²) in [4.78, 5) is 34.7. The van der Waals surface area contributed by atoms with Crippen molar-refractivity contribution >= 4 is 28.4 Å². The van der Waals surface area contributed by atoms with Gasteiger partial charge in [0.1, 0.15) is 23.1 Å². The molecule has 0 aliphatic carbocycles. The van der Waals surface area contributed by atoms with Crippen LogP contribution in [0.25, 0.3) is 0 Å². The topological polar surface area (TPSA) is 114 Å². The first-order valence-corrected chi connectivity index (χ1v) is 10.1. The number of ketones is 2. The van der Waals surface area contributed by atoms with Gasteiger partial charge >= 0.3 is 0 Å². The SMILES string of the molecule is CN[C@@H](CCCC[NH3+])C(=O)C[C@@H](CC[S+](C)CC(=O)[O-])C(C)=O.[Cl-]. The van der Waals surface area contributed by atoms with Gasteiger partial charge in [-0.1, -0.05) is 0 Å². The first-order valence-electron chi connectivity index (χ1n) is 8.10. The highest BCUT2D eigenvalue weighted by molar-refractivity contribution is 7.96. The monoisotopic (exact) mass is 382 g/mol. The van der Waals surface area contributed by atoms with E-state index in [1.807, 2.05) is 6.26 Å². The molecule has 0 rings (SSSR count). The molecule has 0 saturated carbocycles. The van der Waals surface area contributed by atoms with Crippen LogP contribution in [0, 0.1) is 5.92 Å². The van der Waals surface area contributed by atoms with Gasteiger partial charge in [0.05, 0.1) is 24.8 Å². The van der Waals surface area contributed by atoms with Gasteiger partial charge in [-0.05, 0) is 44.1 Å². The van der Waals surface area contributed by atoms with E-state index >= 15 is 0 Å². The van der Waals surface area contributed by atoms with E-state index in [2.05, 4.69) is 11.1 Å². The fourth-order valence-corrected chi connectivity index (χ4v) is 3.68. The van der Waals surface area contributed by atoms with E-state index in [-0.39, 0.29) is 59.0 Å². The molecule has 6 nitrogen and oxygen atoms in total. The van der Waals surface area contributed by atoms with Crippen LogP contribution in [-0.4, -0.2) is 54.9 Å². The second-order valence-corrected chi connectivity index (χ2v) is 8.22. The van der Waals surface area contributed by atoms with Crippen LogP contribution in [0.15, 0.2) is 0 Å². The molecule has 0 aromatic carbocycles. The lowest BCUT2D eigenvalue weighted by atomic mass is 9.91. The van der Waals surface area contributed by atoms with Crippen molar-refractivity contribution in [1.29, 1.82) is 0 Å². The average molecular weight is 383 g/mol. The summed E-state index contributed by atoms with van der Waals surface area (Å²) in [5.41, 5.74) is 3.79. The number of carbonyl (C=O) groups is 3. The summed E-state index contributed by atoms with van der Waals surface area (Å²) in [5, 5.41) is 13.6. The maximum Gasteiger partial charge on any atom is 0.150 e. The van der Waals surface area contributed by atoms with Gasteiger partial charge in [0.25, 0.3) is 0 Å². The summed E-state index contributed by atoms with van der Waals surface area (Å²) in [7, 11) is 1.44. The molecular formula is C16H31ClN2O4S. The van der Waals surface area contributed by atoms with Crippen molar-refractivity contribution in [1.82, 2.24) is 5.32 Å². The Morgan fingerprint density at radius 3 is 2.29 bits per heavy atom. The van der Waals surface area contributed by atoms with Crippen molar-refractivity contribution in [2.45, 2.75) is 45.1 Å². The Balaban J connectivity index is 0. The van der Waals surface area contributed by atoms with E-state index in [1.165, 1.54) is 6.92 Å². The quantitative estimate of drug-likeness (QED) is 0.232. The fourth-order valence-electron chi connectivity index (χ4n) is 2.44. The minimum atomic E-state index is -1.06. The predicted molar refractivity (Wildman–Crippen MR) is 90.9 cm³/mol. The lowest BCUT2D eigenvalue weighted by Gasteiger charge is -2.18. The molecule has 24 heavy (non-hydrogen) atoms. The van der Waals surface area contributed by atoms with Crippen molar-refractivity contribution < 1.29 is 37.6 Å². The average Bonchev–Trinajstić information content (AvgIpc) is 2.46. The molecule has 0 saturated heterocycles. The second kappa shape index (κ2) is 14.7. The minimum absolute atomic E-state index is 0. The summed E-state index contributed by atoms with van der Waals surface area (Å²) in [5.74, 6) is -0.668. The van der Waals surface area contributed by atoms with Gasteiger partial charge in [-0.2, -0.15) is 0 Å². The third-order valence-electron chi connectivity index (χ3n) is 3.93. The van der Waals surface area contributed by atoms with E-state index in [0.29, 0.717) is 12.2 Å². The Morgan fingerprint density at radius 2 is 1.83 bits per heavy atom. The molecule has 4 N–H and O–H groups in total. The zero-order valence-corrected chi connectivity index (χ0v) is 16.5. The highest BCUT2D eigenvalue weighted by Gasteiger charge is 2.25. The highest BCUT2D eigenvalue weighted by Crippen LogP contribution is 2.15. The molecule has 0 radical (unpaired) electrons. The van der Waals surface area contributed by atoms with Crippen LogP contribution < -0.4 is 28.6 Å². The number of aliphatic carboxylic acids is 1. The first-order chi connectivity index (χ1) is 10.8. The number of likely N-dealkylation sites (N-methyl/N-ethyl adjacent to an activating group) is 1. The van der Waals surface area contributed by atoms with Crippen molar-refractivity contribution in [3.05, 3.63) is 0 Å². The number of carbonyl (C=O) groups excluding carboxylic acids is 3. The van der Waals surface area contributed by atoms with Gasteiger partial charge in [0, 0.05) is 18.8 Å². The van der Waals surface area contributed by atoms with Gasteiger partial charge in [0.2, 0.25) is 0 Å². The van der Waals surface area contributed by atoms with E-state index in [4.69, 9.17) is 0 Å². The van der Waals surface area contributed by atoms with Crippen molar-refractivity contribution in [2.75, 3.05) is 31.4 Å². The third kappa shape index (κ3) is 11.8. The lowest BCUT2D eigenvalue weighted by molar-refractivity contribution is -0.368. The maximum atomic E-state index is 12.4.